The number of amides is 1. The van der Waals surface area contributed by atoms with E-state index in [0.717, 1.165) is 11.3 Å². The van der Waals surface area contributed by atoms with Crippen molar-refractivity contribution in [3.8, 4) is 11.8 Å². The Morgan fingerprint density at radius 3 is 3.05 bits per heavy atom. The van der Waals surface area contributed by atoms with Gasteiger partial charge in [-0.1, -0.05) is 17.9 Å². The van der Waals surface area contributed by atoms with E-state index in [0.29, 0.717) is 17.7 Å². The van der Waals surface area contributed by atoms with Crippen molar-refractivity contribution in [3.63, 3.8) is 0 Å². The van der Waals surface area contributed by atoms with Crippen molar-refractivity contribution in [2.45, 2.75) is 13.5 Å². The molecule has 0 atom stereocenters. The van der Waals surface area contributed by atoms with Crippen LogP contribution in [0.4, 0.5) is 0 Å². The van der Waals surface area contributed by atoms with Gasteiger partial charge in [-0.25, -0.2) is 4.98 Å². The molecule has 1 heterocycles. The molecule has 0 fully saturated rings. The van der Waals surface area contributed by atoms with E-state index in [-0.39, 0.29) is 12.5 Å². The van der Waals surface area contributed by atoms with Gasteiger partial charge in [0.05, 0.1) is 17.7 Å². The molecule has 2 rings (SSSR count). The third-order valence-electron chi connectivity index (χ3n) is 2.71. The fraction of sp³-hybridized carbons (Fsp3) is 0.200. The van der Waals surface area contributed by atoms with Gasteiger partial charge in [-0.2, -0.15) is 0 Å². The number of rotatable bonds is 3. The molecule has 0 saturated heterocycles. The highest BCUT2D eigenvalue weighted by Crippen LogP contribution is 2.11. The predicted molar refractivity (Wildman–Crippen MR) is 78.4 cm³/mol. The van der Waals surface area contributed by atoms with Gasteiger partial charge in [0.25, 0.3) is 5.91 Å². The van der Waals surface area contributed by atoms with Gasteiger partial charge < -0.3 is 10.4 Å². The summed E-state index contributed by atoms with van der Waals surface area (Å²) in [6.45, 7) is 2.09. The maximum absolute atomic E-state index is 12.2. The van der Waals surface area contributed by atoms with Crippen LogP contribution in [0.1, 0.15) is 27.2 Å². The van der Waals surface area contributed by atoms with E-state index in [1.54, 1.807) is 11.6 Å². The number of nitrogens with zero attached hydrogens (tertiary/aromatic N) is 1. The topological polar surface area (TPSA) is 62.2 Å². The average Bonchev–Trinajstić information content (AvgIpc) is 2.97. The Morgan fingerprint density at radius 1 is 1.50 bits per heavy atom. The van der Waals surface area contributed by atoms with Gasteiger partial charge in [0, 0.05) is 16.5 Å². The molecule has 5 heteroatoms. The van der Waals surface area contributed by atoms with Crippen LogP contribution in [-0.2, 0) is 6.54 Å². The quantitative estimate of drug-likeness (QED) is 0.845. The maximum atomic E-state index is 12.2. The molecule has 0 bridgehead atoms. The molecule has 0 aliphatic carbocycles. The van der Waals surface area contributed by atoms with Crippen molar-refractivity contribution in [3.05, 3.63) is 51.5 Å². The van der Waals surface area contributed by atoms with E-state index in [4.69, 9.17) is 5.11 Å². The number of hydrogen-bond donors (Lipinski definition) is 2. The maximum Gasteiger partial charge on any atom is 0.251 e. The second kappa shape index (κ2) is 6.85. The van der Waals surface area contributed by atoms with Crippen molar-refractivity contribution >= 4 is 17.2 Å². The number of aliphatic hydroxyl groups is 1. The van der Waals surface area contributed by atoms with Crippen LogP contribution >= 0.6 is 11.3 Å². The zero-order chi connectivity index (χ0) is 14.4. The second-order valence-corrected chi connectivity index (χ2v) is 4.87. The molecule has 1 aromatic heterocycles. The third-order valence-corrected chi connectivity index (χ3v) is 3.34. The van der Waals surface area contributed by atoms with E-state index in [1.807, 2.05) is 24.4 Å². The van der Waals surface area contributed by atoms with Crippen LogP contribution in [-0.4, -0.2) is 22.6 Å². The number of carbonyl (C=O) groups excluding carboxylic acids is 1. The van der Waals surface area contributed by atoms with Crippen LogP contribution in [0, 0.1) is 18.8 Å². The first-order valence-electron chi connectivity index (χ1n) is 6.06. The van der Waals surface area contributed by atoms with Crippen molar-refractivity contribution in [2.24, 2.45) is 0 Å². The van der Waals surface area contributed by atoms with Crippen molar-refractivity contribution < 1.29 is 9.90 Å². The molecule has 0 spiro atoms. The number of aromatic nitrogens is 1. The van der Waals surface area contributed by atoms with Crippen molar-refractivity contribution in [1.29, 1.82) is 0 Å². The molecule has 20 heavy (non-hydrogen) atoms. The molecule has 0 aliphatic heterocycles. The minimum absolute atomic E-state index is 0.150. The lowest BCUT2D eigenvalue weighted by atomic mass is 10.0. The van der Waals surface area contributed by atoms with E-state index in [2.05, 4.69) is 22.1 Å². The highest BCUT2D eigenvalue weighted by Gasteiger charge is 2.09. The normalized spacial score (nSPS) is 9.70. The Balaban J connectivity index is 2.12. The van der Waals surface area contributed by atoms with Gasteiger partial charge in [0.1, 0.15) is 6.61 Å². The first-order chi connectivity index (χ1) is 9.70. The van der Waals surface area contributed by atoms with E-state index < -0.39 is 0 Å². The minimum Gasteiger partial charge on any atom is -0.384 e. The molecule has 102 valence electrons. The molecule has 0 saturated carbocycles. The molecule has 0 aliphatic rings. The fourth-order valence-electron chi connectivity index (χ4n) is 1.68. The Bertz CT molecular complexity index is 654. The second-order valence-electron chi connectivity index (χ2n) is 4.15. The molecule has 1 amide bonds. The van der Waals surface area contributed by atoms with Crippen LogP contribution in [0.25, 0.3) is 0 Å². The van der Waals surface area contributed by atoms with Crippen LogP contribution < -0.4 is 5.32 Å². The Kier molecular flexibility index (Phi) is 4.88. The van der Waals surface area contributed by atoms with Crippen LogP contribution in [0.3, 0.4) is 0 Å². The number of benzene rings is 1. The summed E-state index contributed by atoms with van der Waals surface area (Å²) in [7, 11) is 0. The summed E-state index contributed by atoms with van der Waals surface area (Å²) >= 11 is 1.50. The number of hydrogen-bond acceptors (Lipinski definition) is 4. The number of carbonyl (C=O) groups is 1. The van der Waals surface area contributed by atoms with Gasteiger partial charge in [0.2, 0.25) is 0 Å². The lowest BCUT2D eigenvalue weighted by Gasteiger charge is -2.07. The summed E-state index contributed by atoms with van der Waals surface area (Å²) in [6, 6.07) is 5.41. The minimum atomic E-state index is -0.195. The van der Waals surface area contributed by atoms with Gasteiger partial charge in [-0.3, -0.25) is 4.79 Å². The molecule has 0 unspecified atom stereocenters. The van der Waals surface area contributed by atoms with E-state index >= 15 is 0 Å². The van der Waals surface area contributed by atoms with Gasteiger partial charge in [-0.15, -0.1) is 11.3 Å². The van der Waals surface area contributed by atoms with E-state index in [9.17, 15) is 4.79 Å². The third kappa shape index (κ3) is 3.67. The summed E-state index contributed by atoms with van der Waals surface area (Å²) in [5.74, 6) is 5.22. The molecule has 0 radical (unpaired) electrons. The summed E-state index contributed by atoms with van der Waals surface area (Å²) in [5.41, 5.74) is 4.76. The lowest BCUT2D eigenvalue weighted by molar-refractivity contribution is 0.0950. The summed E-state index contributed by atoms with van der Waals surface area (Å²) in [4.78, 5) is 16.3. The smallest absolute Gasteiger partial charge is 0.251 e. The number of aliphatic hydroxyl groups excluding tert-OH is 1. The summed E-state index contributed by atoms with van der Waals surface area (Å²) < 4.78 is 0. The monoisotopic (exact) mass is 286 g/mol. The number of nitrogens with one attached hydrogen (secondary N) is 1. The molecule has 2 N–H and O–H groups in total. The zero-order valence-corrected chi connectivity index (χ0v) is 11.8. The highest BCUT2D eigenvalue weighted by molar-refractivity contribution is 7.07. The molecule has 2 aromatic rings. The first-order valence-corrected chi connectivity index (χ1v) is 7.00. The standard InChI is InChI=1S/C15H14N2O2S/c1-11-4-5-12(3-2-6-18)7-14(11)15(19)16-8-13-9-20-10-17-13/h4-5,7,9-10,18H,6,8H2,1H3,(H,16,19). The summed E-state index contributed by atoms with van der Waals surface area (Å²) in [6.07, 6.45) is 0. The van der Waals surface area contributed by atoms with Crippen LogP contribution in [0.5, 0.6) is 0 Å². The number of thiazole rings is 1. The van der Waals surface area contributed by atoms with Gasteiger partial charge in [-0.05, 0) is 24.6 Å². The predicted octanol–water partition coefficient (Wildman–Crippen LogP) is 1.73. The number of aryl methyl sites for hydroxylation is 1. The van der Waals surface area contributed by atoms with Gasteiger partial charge in [0.15, 0.2) is 0 Å². The Labute approximate surface area is 121 Å². The molecule has 1 aromatic carbocycles. The zero-order valence-electron chi connectivity index (χ0n) is 11.0. The largest absolute Gasteiger partial charge is 0.384 e. The Morgan fingerprint density at radius 2 is 2.35 bits per heavy atom. The fourth-order valence-corrected chi connectivity index (χ4v) is 2.24. The Hall–Kier alpha value is -2.16. The average molecular weight is 286 g/mol. The van der Waals surface area contributed by atoms with Gasteiger partial charge >= 0.3 is 0 Å². The highest BCUT2D eigenvalue weighted by atomic mass is 32.1. The lowest BCUT2D eigenvalue weighted by Crippen LogP contribution is -2.23. The van der Waals surface area contributed by atoms with Crippen molar-refractivity contribution in [1.82, 2.24) is 10.3 Å². The first kappa shape index (κ1) is 14.3. The van der Waals surface area contributed by atoms with E-state index in [1.165, 1.54) is 11.3 Å². The molecular weight excluding hydrogens is 272 g/mol. The van der Waals surface area contributed by atoms with Crippen LogP contribution in [0.15, 0.2) is 29.1 Å². The van der Waals surface area contributed by atoms with Crippen LogP contribution in [0.2, 0.25) is 0 Å². The molecule has 4 nitrogen and oxygen atoms in total. The molecular formula is C15H14N2O2S. The van der Waals surface area contributed by atoms with Crippen molar-refractivity contribution in [2.75, 3.05) is 6.61 Å². The summed E-state index contributed by atoms with van der Waals surface area (Å²) in [5, 5.41) is 13.4. The SMILES string of the molecule is Cc1ccc(C#CCO)cc1C(=O)NCc1cscn1.